The molecule has 1 aromatic heterocycles. The van der Waals surface area contributed by atoms with Gasteiger partial charge in [0.2, 0.25) is 0 Å². The predicted octanol–water partition coefficient (Wildman–Crippen LogP) is 3.38. The lowest BCUT2D eigenvalue weighted by Gasteiger charge is -2.19. The van der Waals surface area contributed by atoms with E-state index in [1.807, 2.05) is 0 Å². The number of aromatic nitrogens is 1. The molecule has 0 aromatic carbocycles. The van der Waals surface area contributed by atoms with Crippen LogP contribution in [0.15, 0.2) is 16.6 Å². The van der Waals surface area contributed by atoms with Gasteiger partial charge in [-0.15, -0.1) is 0 Å². The molecule has 1 heterocycles. The van der Waals surface area contributed by atoms with E-state index < -0.39 is 23.9 Å². The molecule has 0 amide bonds. The van der Waals surface area contributed by atoms with Gasteiger partial charge in [0, 0.05) is 4.47 Å². The van der Waals surface area contributed by atoms with Gasteiger partial charge in [-0.2, -0.15) is 13.2 Å². The van der Waals surface area contributed by atoms with Gasteiger partial charge >= 0.3 is 12.1 Å². The Labute approximate surface area is 116 Å². The highest BCUT2D eigenvalue weighted by molar-refractivity contribution is 9.10. The summed E-state index contributed by atoms with van der Waals surface area (Å²) >= 11 is 2.76. The quantitative estimate of drug-likeness (QED) is 0.881. The van der Waals surface area contributed by atoms with Crippen molar-refractivity contribution >= 4 is 27.7 Å². The minimum Gasteiger partial charge on any atom is -0.480 e. The number of carboxylic acid groups (broad SMARTS) is 1. The first-order valence-electron chi connectivity index (χ1n) is 5.36. The van der Waals surface area contributed by atoms with E-state index >= 15 is 0 Å². The largest absolute Gasteiger partial charge is 0.480 e. The number of nitrogens with zero attached hydrogens (tertiary/aromatic N) is 1. The fraction of sp³-hybridized carbons (Fsp3) is 0.455. The molecule has 0 bridgehead atoms. The van der Waals surface area contributed by atoms with Crippen LogP contribution in [0.2, 0.25) is 0 Å². The van der Waals surface area contributed by atoms with Gasteiger partial charge in [0.25, 0.3) is 0 Å². The number of carboxylic acids is 1. The van der Waals surface area contributed by atoms with Gasteiger partial charge < -0.3 is 10.4 Å². The first kappa shape index (κ1) is 15.7. The third kappa shape index (κ3) is 4.09. The second-order valence-corrected chi connectivity index (χ2v) is 5.08. The van der Waals surface area contributed by atoms with Crippen molar-refractivity contribution in [2.24, 2.45) is 5.92 Å². The summed E-state index contributed by atoms with van der Waals surface area (Å²) in [5.41, 5.74) is -1.09. The van der Waals surface area contributed by atoms with Crippen molar-refractivity contribution in [2.75, 3.05) is 5.32 Å². The summed E-state index contributed by atoms with van der Waals surface area (Å²) in [4.78, 5) is 14.4. The van der Waals surface area contributed by atoms with Gasteiger partial charge in [-0.25, -0.2) is 9.78 Å². The van der Waals surface area contributed by atoms with Gasteiger partial charge in [-0.1, -0.05) is 13.8 Å². The molecule has 0 aliphatic heterocycles. The zero-order valence-electron chi connectivity index (χ0n) is 10.1. The number of alkyl halides is 3. The molecule has 1 rings (SSSR count). The first-order valence-corrected chi connectivity index (χ1v) is 6.15. The molecule has 0 saturated carbocycles. The number of rotatable bonds is 4. The van der Waals surface area contributed by atoms with Crippen LogP contribution in [0, 0.1) is 5.92 Å². The molecule has 0 spiro atoms. The molecule has 1 aromatic rings. The smallest absolute Gasteiger partial charge is 0.434 e. The highest BCUT2D eigenvalue weighted by Gasteiger charge is 2.35. The average Bonchev–Trinajstić information content (AvgIpc) is 2.25. The highest BCUT2D eigenvalue weighted by Crippen LogP contribution is 2.34. The zero-order chi connectivity index (χ0) is 14.8. The topological polar surface area (TPSA) is 62.2 Å². The third-order valence-electron chi connectivity index (χ3n) is 2.35. The van der Waals surface area contributed by atoms with E-state index in [9.17, 15) is 18.0 Å². The van der Waals surface area contributed by atoms with Crippen LogP contribution in [0.25, 0.3) is 0 Å². The number of nitrogens with one attached hydrogen (secondary N) is 1. The van der Waals surface area contributed by atoms with E-state index in [1.165, 1.54) is 12.1 Å². The minimum atomic E-state index is -4.60. The summed E-state index contributed by atoms with van der Waals surface area (Å²) in [6, 6.07) is 1.46. The molecule has 0 fully saturated rings. The van der Waals surface area contributed by atoms with Gasteiger partial charge in [0.15, 0.2) is 5.69 Å². The first-order chi connectivity index (χ1) is 8.62. The van der Waals surface area contributed by atoms with Crippen molar-refractivity contribution in [1.82, 2.24) is 4.98 Å². The number of hydrogen-bond acceptors (Lipinski definition) is 3. The number of carbonyl (C=O) groups is 1. The molecule has 0 aliphatic carbocycles. The van der Waals surface area contributed by atoms with E-state index in [2.05, 4.69) is 26.2 Å². The molecule has 0 saturated heterocycles. The summed E-state index contributed by atoms with van der Waals surface area (Å²) < 4.78 is 37.7. The lowest BCUT2D eigenvalue weighted by Crippen LogP contribution is -2.34. The predicted molar refractivity (Wildman–Crippen MR) is 66.8 cm³/mol. The molecule has 4 nitrogen and oxygen atoms in total. The maximum absolute atomic E-state index is 12.6. The second kappa shape index (κ2) is 5.77. The number of hydrogen-bond donors (Lipinski definition) is 2. The van der Waals surface area contributed by atoms with Crippen LogP contribution in [0.3, 0.4) is 0 Å². The highest BCUT2D eigenvalue weighted by atomic mass is 79.9. The number of pyridine rings is 1. The number of aliphatic carboxylic acids is 1. The van der Waals surface area contributed by atoms with Gasteiger partial charge in [-0.05, 0) is 34.0 Å². The van der Waals surface area contributed by atoms with Crippen LogP contribution in [0.1, 0.15) is 19.5 Å². The molecule has 0 aliphatic rings. The molecular weight excluding hydrogens is 329 g/mol. The molecule has 106 valence electrons. The summed E-state index contributed by atoms with van der Waals surface area (Å²) in [6.45, 7) is 3.30. The number of anilines is 1. The lowest BCUT2D eigenvalue weighted by atomic mass is 10.1. The van der Waals surface area contributed by atoms with Crippen LogP contribution in [-0.4, -0.2) is 22.1 Å². The van der Waals surface area contributed by atoms with Crippen molar-refractivity contribution in [3.63, 3.8) is 0 Å². The Balaban J connectivity index is 3.06. The zero-order valence-corrected chi connectivity index (χ0v) is 11.7. The molecule has 0 radical (unpaired) electrons. The van der Waals surface area contributed by atoms with Gasteiger partial charge in [0.1, 0.15) is 11.9 Å². The summed E-state index contributed by atoms with van der Waals surface area (Å²) in [5.74, 6) is -1.57. The average molecular weight is 341 g/mol. The van der Waals surface area contributed by atoms with E-state index in [-0.39, 0.29) is 16.2 Å². The summed E-state index contributed by atoms with van der Waals surface area (Å²) in [6.07, 6.45) is -4.60. The van der Waals surface area contributed by atoms with E-state index in [0.717, 1.165) is 0 Å². The Morgan fingerprint density at radius 2 is 2.00 bits per heavy atom. The Hall–Kier alpha value is -1.31. The monoisotopic (exact) mass is 340 g/mol. The van der Waals surface area contributed by atoms with Crippen molar-refractivity contribution in [2.45, 2.75) is 26.1 Å². The molecule has 8 heteroatoms. The molecule has 2 N–H and O–H groups in total. The van der Waals surface area contributed by atoms with Crippen LogP contribution in [0.5, 0.6) is 0 Å². The molecular formula is C11H12BrF3N2O2. The third-order valence-corrected chi connectivity index (χ3v) is 2.99. The van der Waals surface area contributed by atoms with Crippen molar-refractivity contribution in [1.29, 1.82) is 0 Å². The van der Waals surface area contributed by atoms with Crippen molar-refractivity contribution < 1.29 is 23.1 Å². The van der Waals surface area contributed by atoms with Gasteiger partial charge in [0.05, 0.1) is 0 Å². The summed E-state index contributed by atoms with van der Waals surface area (Å²) in [7, 11) is 0. The fourth-order valence-corrected chi connectivity index (χ4v) is 1.84. The SMILES string of the molecule is CC(C)[C@H](Nc1ccc(Br)c(C(F)(F)F)n1)C(=O)O. The minimum absolute atomic E-state index is 0.128. The Kier molecular flexibility index (Phi) is 4.78. The Bertz CT molecular complexity index is 477. The van der Waals surface area contributed by atoms with E-state index in [0.29, 0.717) is 0 Å². The number of halogens is 4. The Morgan fingerprint density at radius 1 is 1.42 bits per heavy atom. The van der Waals surface area contributed by atoms with Crippen LogP contribution >= 0.6 is 15.9 Å². The van der Waals surface area contributed by atoms with Crippen LogP contribution < -0.4 is 5.32 Å². The van der Waals surface area contributed by atoms with Crippen molar-refractivity contribution in [3.05, 3.63) is 22.3 Å². The standard InChI is InChI=1S/C11H12BrF3N2O2/c1-5(2)8(10(18)19)16-7-4-3-6(12)9(17-7)11(13,14)15/h3-5,8H,1-2H3,(H,16,17)(H,18,19)/t8-/m0/s1. The summed E-state index contributed by atoms with van der Waals surface area (Å²) in [5, 5.41) is 11.5. The molecule has 19 heavy (non-hydrogen) atoms. The van der Waals surface area contributed by atoms with Gasteiger partial charge in [-0.3, -0.25) is 0 Å². The maximum atomic E-state index is 12.6. The normalized spacial score (nSPS) is 13.4. The second-order valence-electron chi connectivity index (χ2n) is 4.23. The lowest BCUT2D eigenvalue weighted by molar-refractivity contribution is -0.141. The van der Waals surface area contributed by atoms with Crippen LogP contribution in [0.4, 0.5) is 19.0 Å². The maximum Gasteiger partial charge on any atom is 0.434 e. The Morgan fingerprint density at radius 3 is 2.42 bits per heavy atom. The fourth-order valence-electron chi connectivity index (χ4n) is 1.39. The van der Waals surface area contributed by atoms with E-state index in [1.54, 1.807) is 13.8 Å². The van der Waals surface area contributed by atoms with Crippen molar-refractivity contribution in [3.8, 4) is 0 Å². The van der Waals surface area contributed by atoms with Crippen LogP contribution in [-0.2, 0) is 11.0 Å². The molecule has 1 atom stereocenters. The van der Waals surface area contributed by atoms with E-state index in [4.69, 9.17) is 5.11 Å². The molecule has 0 unspecified atom stereocenters.